The summed E-state index contributed by atoms with van der Waals surface area (Å²) >= 11 is 0.854. The van der Waals surface area contributed by atoms with Crippen LogP contribution in [0, 0.1) is 13.8 Å². The lowest BCUT2D eigenvalue weighted by Gasteiger charge is -2.02. The van der Waals surface area contributed by atoms with Crippen molar-refractivity contribution < 1.29 is 14.4 Å². The number of imidazole rings is 1. The average Bonchev–Trinajstić information content (AvgIpc) is 3.17. The summed E-state index contributed by atoms with van der Waals surface area (Å²) in [6.07, 6.45) is 1.61. The standard InChI is InChI=1S/C20H16N4O3S/c1-10-7-14-15(8-11(10)2)22-19(21-14)23-17(25)13-5-3-12(4-6-13)9-16-18(26)24-20(27)28-16/h3-9H,1-2H3,(H,24,26,27)(H2,21,22,23,25). The maximum atomic E-state index is 12.5. The van der Waals surface area contributed by atoms with Crippen molar-refractivity contribution in [2.24, 2.45) is 0 Å². The van der Waals surface area contributed by atoms with Crippen molar-refractivity contribution >= 4 is 51.9 Å². The van der Waals surface area contributed by atoms with Crippen molar-refractivity contribution in [3.8, 4) is 0 Å². The van der Waals surface area contributed by atoms with Gasteiger partial charge in [0, 0.05) is 5.56 Å². The number of hydrogen-bond donors (Lipinski definition) is 3. The van der Waals surface area contributed by atoms with Crippen molar-refractivity contribution in [3.63, 3.8) is 0 Å². The molecule has 140 valence electrons. The third kappa shape index (κ3) is 3.54. The summed E-state index contributed by atoms with van der Waals surface area (Å²) in [7, 11) is 0. The largest absolute Gasteiger partial charge is 0.324 e. The number of aromatic amines is 1. The first-order valence-electron chi connectivity index (χ1n) is 8.52. The van der Waals surface area contributed by atoms with Crippen molar-refractivity contribution in [2.75, 3.05) is 5.32 Å². The summed E-state index contributed by atoms with van der Waals surface area (Å²) in [4.78, 5) is 43.1. The van der Waals surface area contributed by atoms with Crippen LogP contribution in [0.5, 0.6) is 0 Å². The Morgan fingerprint density at radius 1 is 1.11 bits per heavy atom. The van der Waals surface area contributed by atoms with Crippen LogP contribution in [0.3, 0.4) is 0 Å². The Labute approximate surface area is 164 Å². The summed E-state index contributed by atoms with van der Waals surface area (Å²) in [6.45, 7) is 4.04. The van der Waals surface area contributed by atoms with Crippen LogP contribution in [0.4, 0.5) is 10.7 Å². The van der Waals surface area contributed by atoms with Gasteiger partial charge in [0.15, 0.2) is 0 Å². The summed E-state index contributed by atoms with van der Waals surface area (Å²) in [5, 5.41) is 4.58. The fourth-order valence-corrected chi connectivity index (χ4v) is 3.49. The molecule has 2 aromatic carbocycles. The second-order valence-corrected chi connectivity index (χ2v) is 7.48. The number of rotatable bonds is 3. The van der Waals surface area contributed by atoms with Crippen molar-refractivity contribution in [2.45, 2.75) is 13.8 Å². The maximum Gasteiger partial charge on any atom is 0.290 e. The van der Waals surface area contributed by atoms with Crippen LogP contribution in [-0.4, -0.2) is 27.0 Å². The quantitative estimate of drug-likeness (QED) is 0.589. The van der Waals surface area contributed by atoms with E-state index in [0.29, 0.717) is 16.4 Å². The Hall–Kier alpha value is -3.39. The maximum absolute atomic E-state index is 12.5. The van der Waals surface area contributed by atoms with Crippen LogP contribution in [-0.2, 0) is 4.79 Å². The zero-order chi connectivity index (χ0) is 19.8. The summed E-state index contributed by atoms with van der Waals surface area (Å²) < 4.78 is 0. The Morgan fingerprint density at radius 2 is 1.82 bits per heavy atom. The predicted molar refractivity (Wildman–Crippen MR) is 109 cm³/mol. The second kappa shape index (κ2) is 6.97. The lowest BCUT2D eigenvalue weighted by atomic mass is 10.1. The highest BCUT2D eigenvalue weighted by Gasteiger charge is 2.24. The molecule has 8 heteroatoms. The van der Waals surface area contributed by atoms with E-state index in [2.05, 4.69) is 20.6 Å². The van der Waals surface area contributed by atoms with Gasteiger partial charge in [0.2, 0.25) is 5.95 Å². The van der Waals surface area contributed by atoms with Crippen LogP contribution < -0.4 is 10.6 Å². The number of thioether (sulfide) groups is 1. The minimum Gasteiger partial charge on any atom is -0.324 e. The van der Waals surface area contributed by atoms with Crippen LogP contribution in [0.15, 0.2) is 41.3 Å². The SMILES string of the molecule is Cc1cc2nc(NC(=O)c3ccc(C=C4SC(=O)NC4=O)cc3)[nH]c2cc1C. The molecular formula is C20H16N4O3S. The van der Waals surface area contributed by atoms with Crippen molar-refractivity contribution in [1.82, 2.24) is 15.3 Å². The molecule has 0 radical (unpaired) electrons. The number of aryl methyl sites for hydroxylation is 2. The molecule has 0 atom stereocenters. The molecule has 1 aliphatic rings. The molecule has 1 aliphatic heterocycles. The fourth-order valence-electron chi connectivity index (χ4n) is 2.81. The Balaban J connectivity index is 1.50. The van der Waals surface area contributed by atoms with Crippen LogP contribution in [0.25, 0.3) is 17.1 Å². The number of H-pyrrole nitrogens is 1. The van der Waals surface area contributed by atoms with Crippen molar-refractivity contribution in [1.29, 1.82) is 0 Å². The number of nitrogens with zero attached hydrogens (tertiary/aromatic N) is 1. The number of aromatic nitrogens is 2. The topological polar surface area (TPSA) is 104 Å². The van der Waals surface area contributed by atoms with E-state index in [0.717, 1.165) is 39.5 Å². The number of imide groups is 1. The number of amides is 3. The molecule has 1 saturated heterocycles. The lowest BCUT2D eigenvalue weighted by Crippen LogP contribution is -2.17. The highest BCUT2D eigenvalue weighted by molar-refractivity contribution is 8.18. The van der Waals surface area contributed by atoms with E-state index in [9.17, 15) is 14.4 Å². The Kier molecular flexibility index (Phi) is 4.48. The third-order valence-corrected chi connectivity index (χ3v) is 5.25. The molecule has 3 amide bonds. The number of nitrogens with one attached hydrogen (secondary N) is 3. The molecule has 0 spiro atoms. The smallest absolute Gasteiger partial charge is 0.290 e. The fraction of sp³-hybridized carbons (Fsp3) is 0.100. The number of fused-ring (bicyclic) bond motifs is 1. The van der Waals surface area contributed by atoms with Crippen LogP contribution >= 0.6 is 11.8 Å². The molecule has 7 nitrogen and oxygen atoms in total. The van der Waals surface area contributed by atoms with Crippen LogP contribution in [0.1, 0.15) is 27.0 Å². The summed E-state index contributed by atoms with van der Waals surface area (Å²) in [6, 6.07) is 10.7. The van der Waals surface area contributed by atoms with E-state index in [4.69, 9.17) is 0 Å². The van der Waals surface area contributed by atoms with E-state index < -0.39 is 5.91 Å². The monoisotopic (exact) mass is 392 g/mol. The molecular weight excluding hydrogens is 376 g/mol. The van der Waals surface area contributed by atoms with Gasteiger partial charge in [-0.3, -0.25) is 25.0 Å². The van der Waals surface area contributed by atoms with Gasteiger partial charge in [-0.05, 0) is 72.6 Å². The molecule has 1 fully saturated rings. The van der Waals surface area contributed by atoms with Gasteiger partial charge in [-0.25, -0.2) is 4.98 Å². The average molecular weight is 392 g/mol. The highest BCUT2D eigenvalue weighted by Crippen LogP contribution is 2.25. The van der Waals surface area contributed by atoms with E-state index in [1.54, 1.807) is 30.3 Å². The van der Waals surface area contributed by atoms with Gasteiger partial charge in [-0.2, -0.15) is 0 Å². The van der Waals surface area contributed by atoms with Gasteiger partial charge in [-0.1, -0.05) is 12.1 Å². The normalized spacial score (nSPS) is 15.3. The predicted octanol–water partition coefficient (Wildman–Crippen LogP) is 3.76. The highest BCUT2D eigenvalue weighted by atomic mass is 32.2. The van der Waals surface area contributed by atoms with E-state index >= 15 is 0 Å². The number of benzene rings is 2. The van der Waals surface area contributed by atoms with E-state index in [1.807, 2.05) is 26.0 Å². The first-order chi connectivity index (χ1) is 13.4. The second-order valence-electron chi connectivity index (χ2n) is 6.47. The molecule has 2 heterocycles. The zero-order valence-electron chi connectivity index (χ0n) is 15.1. The molecule has 0 aliphatic carbocycles. The molecule has 0 unspecified atom stereocenters. The first kappa shape index (κ1) is 18.0. The minimum absolute atomic E-state index is 0.296. The first-order valence-corrected chi connectivity index (χ1v) is 9.34. The zero-order valence-corrected chi connectivity index (χ0v) is 15.9. The van der Waals surface area contributed by atoms with Gasteiger partial charge >= 0.3 is 0 Å². The van der Waals surface area contributed by atoms with Gasteiger partial charge in [0.05, 0.1) is 15.9 Å². The number of carbonyl (C=O) groups is 3. The summed E-state index contributed by atoms with van der Waals surface area (Å²) in [5.41, 5.74) is 5.12. The molecule has 3 aromatic rings. The lowest BCUT2D eigenvalue weighted by molar-refractivity contribution is -0.115. The molecule has 28 heavy (non-hydrogen) atoms. The Bertz CT molecular complexity index is 1120. The van der Waals surface area contributed by atoms with Gasteiger partial charge in [0.25, 0.3) is 17.1 Å². The summed E-state index contributed by atoms with van der Waals surface area (Å²) in [5.74, 6) is -0.323. The molecule has 0 saturated carbocycles. The van der Waals surface area contributed by atoms with E-state index in [-0.39, 0.29) is 11.1 Å². The molecule has 0 bridgehead atoms. The van der Waals surface area contributed by atoms with Gasteiger partial charge in [0.1, 0.15) is 0 Å². The minimum atomic E-state index is -0.410. The molecule has 1 aromatic heterocycles. The Morgan fingerprint density at radius 3 is 2.50 bits per heavy atom. The van der Waals surface area contributed by atoms with Gasteiger partial charge < -0.3 is 4.98 Å². The van der Waals surface area contributed by atoms with Gasteiger partial charge in [-0.15, -0.1) is 0 Å². The third-order valence-electron chi connectivity index (χ3n) is 4.44. The number of anilines is 1. The van der Waals surface area contributed by atoms with E-state index in [1.165, 1.54) is 0 Å². The number of hydrogen-bond acceptors (Lipinski definition) is 5. The van der Waals surface area contributed by atoms with Crippen molar-refractivity contribution in [3.05, 3.63) is 63.6 Å². The molecule has 3 N–H and O–H groups in total. The van der Waals surface area contributed by atoms with Crippen LogP contribution in [0.2, 0.25) is 0 Å². The number of carbonyl (C=O) groups excluding carboxylic acids is 3. The molecule has 4 rings (SSSR count).